The number of carboxylic acid groups (broad SMARTS) is 1. The van der Waals surface area contributed by atoms with Crippen molar-refractivity contribution < 1.29 is 24.2 Å². The summed E-state index contributed by atoms with van der Waals surface area (Å²) in [6.07, 6.45) is 1.34. The summed E-state index contributed by atoms with van der Waals surface area (Å²) in [5.74, 6) is -1.73. The first-order chi connectivity index (χ1) is 14.5. The van der Waals surface area contributed by atoms with Gasteiger partial charge in [-0.2, -0.15) is 5.10 Å². The van der Waals surface area contributed by atoms with E-state index in [0.717, 1.165) is 11.4 Å². The molecule has 0 saturated carbocycles. The van der Waals surface area contributed by atoms with Crippen molar-refractivity contribution in [3.8, 4) is 5.75 Å². The van der Waals surface area contributed by atoms with Gasteiger partial charge in [-0.15, -0.1) is 0 Å². The van der Waals surface area contributed by atoms with E-state index in [1.165, 1.54) is 23.2 Å². The zero-order valence-corrected chi connectivity index (χ0v) is 16.4. The van der Waals surface area contributed by atoms with Crippen LogP contribution < -0.4 is 15.1 Å². The number of piperazine rings is 1. The predicted molar refractivity (Wildman–Crippen MR) is 111 cm³/mol. The van der Waals surface area contributed by atoms with Gasteiger partial charge in [0.25, 0.3) is 0 Å². The minimum absolute atomic E-state index is 0.152. The number of para-hydroxylation sites is 2. The maximum Gasteiger partial charge on any atom is 0.335 e. The Kier molecular flexibility index (Phi) is 6.63. The van der Waals surface area contributed by atoms with E-state index in [9.17, 15) is 14.4 Å². The SMILES string of the molecule is COc1ccccc1N1CCN(C(=O)C(=O)N/N=C/c2ccc(C(=O)O)cc2)CC1. The highest BCUT2D eigenvalue weighted by Crippen LogP contribution is 2.28. The maximum absolute atomic E-state index is 12.4. The molecule has 2 aromatic rings. The van der Waals surface area contributed by atoms with Crippen molar-refractivity contribution in [2.75, 3.05) is 38.2 Å². The summed E-state index contributed by atoms with van der Waals surface area (Å²) in [5, 5.41) is 12.6. The Bertz CT molecular complexity index is 950. The molecular weight excluding hydrogens is 388 g/mol. The minimum atomic E-state index is -1.02. The molecule has 1 heterocycles. The molecule has 2 N–H and O–H groups in total. The van der Waals surface area contributed by atoms with Gasteiger partial charge in [0.2, 0.25) is 0 Å². The standard InChI is InChI=1S/C21H22N4O5/c1-30-18-5-3-2-4-17(18)24-10-12-25(13-11-24)20(27)19(26)23-22-14-15-6-8-16(9-7-15)21(28)29/h2-9,14H,10-13H2,1H3,(H,23,26)(H,28,29)/b22-14+. The maximum atomic E-state index is 12.4. The van der Waals surface area contributed by atoms with Crippen LogP contribution in [-0.4, -0.2) is 67.3 Å². The first-order valence-electron chi connectivity index (χ1n) is 9.33. The largest absolute Gasteiger partial charge is 0.495 e. The van der Waals surface area contributed by atoms with Crippen molar-refractivity contribution in [3.63, 3.8) is 0 Å². The second kappa shape index (κ2) is 9.55. The Morgan fingerprint density at radius 3 is 2.33 bits per heavy atom. The Morgan fingerprint density at radius 1 is 1.03 bits per heavy atom. The van der Waals surface area contributed by atoms with E-state index >= 15 is 0 Å². The first-order valence-corrected chi connectivity index (χ1v) is 9.33. The van der Waals surface area contributed by atoms with Crippen LogP contribution in [0, 0.1) is 0 Å². The van der Waals surface area contributed by atoms with Crippen LogP contribution in [0.25, 0.3) is 0 Å². The van der Waals surface area contributed by atoms with E-state index in [1.807, 2.05) is 24.3 Å². The Labute approximate surface area is 173 Å². The lowest BCUT2D eigenvalue weighted by atomic mass is 10.1. The van der Waals surface area contributed by atoms with Gasteiger partial charge >= 0.3 is 17.8 Å². The molecule has 0 bridgehead atoms. The monoisotopic (exact) mass is 410 g/mol. The van der Waals surface area contributed by atoms with Crippen LogP contribution in [0.1, 0.15) is 15.9 Å². The number of rotatable bonds is 5. The van der Waals surface area contributed by atoms with Crippen molar-refractivity contribution >= 4 is 29.7 Å². The highest BCUT2D eigenvalue weighted by Gasteiger charge is 2.26. The van der Waals surface area contributed by atoms with Gasteiger partial charge in [0.15, 0.2) is 0 Å². The van der Waals surface area contributed by atoms with Crippen LogP contribution >= 0.6 is 0 Å². The van der Waals surface area contributed by atoms with Gasteiger partial charge in [0.1, 0.15) is 5.75 Å². The third-order valence-electron chi connectivity index (χ3n) is 4.72. The average Bonchev–Trinajstić information content (AvgIpc) is 2.79. The lowest BCUT2D eigenvalue weighted by Crippen LogP contribution is -2.52. The molecule has 0 radical (unpaired) electrons. The fourth-order valence-electron chi connectivity index (χ4n) is 3.11. The van der Waals surface area contributed by atoms with Crippen LogP contribution in [0.4, 0.5) is 5.69 Å². The lowest BCUT2D eigenvalue weighted by molar-refractivity contribution is -0.146. The van der Waals surface area contributed by atoms with E-state index in [-0.39, 0.29) is 5.56 Å². The number of anilines is 1. The number of nitrogens with one attached hydrogen (secondary N) is 1. The van der Waals surface area contributed by atoms with Crippen molar-refractivity contribution in [1.82, 2.24) is 10.3 Å². The number of hydrazone groups is 1. The van der Waals surface area contributed by atoms with E-state index in [1.54, 1.807) is 19.2 Å². The minimum Gasteiger partial charge on any atom is -0.495 e. The average molecular weight is 410 g/mol. The van der Waals surface area contributed by atoms with Crippen LogP contribution in [0.15, 0.2) is 53.6 Å². The molecule has 2 aromatic carbocycles. The quantitative estimate of drug-likeness (QED) is 0.435. The van der Waals surface area contributed by atoms with Crippen molar-refractivity contribution in [3.05, 3.63) is 59.7 Å². The Balaban J connectivity index is 1.51. The van der Waals surface area contributed by atoms with Gasteiger partial charge in [0, 0.05) is 26.2 Å². The smallest absolute Gasteiger partial charge is 0.335 e. The molecule has 1 fully saturated rings. The molecule has 0 aromatic heterocycles. The summed E-state index contributed by atoms with van der Waals surface area (Å²) >= 11 is 0. The zero-order chi connectivity index (χ0) is 21.5. The molecule has 1 aliphatic heterocycles. The number of amides is 2. The number of benzene rings is 2. The summed E-state index contributed by atoms with van der Waals surface area (Å²) in [5.41, 5.74) is 3.92. The molecular formula is C21H22N4O5. The summed E-state index contributed by atoms with van der Waals surface area (Å²) in [6, 6.07) is 13.6. The molecule has 1 saturated heterocycles. The van der Waals surface area contributed by atoms with Gasteiger partial charge in [-0.1, -0.05) is 24.3 Å². The van der Waals surface area contributed by atoms with Crippen LogP contribution in [0.2, 0.25) is 0 Å². The number of aromatic carboxylic acids is 1. The summed E-state index contributed by atoms with van der Waals surface area (Å²) in [6.45, 7) is 1.98. The molecule has 156 valence electrons. The highest BCUT2D eigenvalue weighted by molar-refractivity contribution is 6.35. The van der Waals surface area contributed by atoms with E-state index < -0.39 is 17.8 Å². The molecule has 30 heavy (non-hydrogen) atoms. The third-order valence-corrected chi connectivity index (χ3v) is 4.72. The zero-order valence-electron chi connectivity index (χ0n) is 16.4. The number of carbonyl (C=O) groups excluding carboxylic acids is 2. The van der Waals surface area contributed by atoms with Gasteiger partial charge in [-0.25, -0.2) is 10.2 Å². The number of hydrogen-bond acceptors (Lipinski definition) is 6. The number of carboxylic acids is 1. The molecule has 0 spiro atoms. The second-order valence-corrected chi connectivity index (χ2v) is 6.58. The number of nitrogens with zero attached hydrogens (tertiary/aromatic N) is 3. The third kappa shape index (κ3) is 4.93. The predicted octanol–water partition coefficient (Wildman–Crippen LogP) is 1.19. The lowest BCUT2D eigenvalue weighted by Gasteiger charge is -2.36. The molecule has 3 rings (SSSR count). The van der Waals surface area contributed by atoms with Crippen LogP contribution in [0.3, 0.4) is 0 Å². The molecule has 9 heteroatoms. The summed E-state index contributed by atoms with van der Waals surface area (Å²) < 4.78 is 5.38. The topological polar surface area (TPSA) is 112 Å². The fourth-order valence-corrected chi connectivity index (χ4v) is 3.11. The van der Waals surface area contributed by atoms with Crippen LogP contribution in [-0.2, 0) is 9.59 Å². The van der Waals surface area contributed by atoms with E-state index in [0.29, 0.717) is 31.7 Å². The molecule has 1 aliphatic rings. The Hall–Kier alpha value is -3.88. The van der Waals surface area contributed by atoms with Crippen molar-refractivity contribution in [2.45, 2.75) is 0 Å². The molecule has 9 nitrogen and oxygen atoms in total. The van der Waals surface area contributed by atoms with Gasteiger partial charge < -0.3 is 19.6 Å². The van der Waals surface area contributed by atoms with Gasteiger partial charge in [0.05, 0.1) is 24.6 Å². The summed E-state index contributed by atoms with van der Waals surface area (Å²) in [7, 11) is 1.62. The fraction of sp³-hybridized carbons (Fsp3) is 0.238. The van der Waals surface area contributed by atoms with Gasteiger partial charge in [-0.3, -0.25) is 9.59 Å². The molecule has 0 unspecified atom stereocenters. The van der Waals surface area contributed by atoms with Crippen molar-refractivity contribution in [1.29, 1.82) is 0 Å². The molecule has 0 aliphatic carbocycles. The summed E-state index contributed by atoms with van der Waals surface area (Å²) in [4.78, 5) is 38.9. The number of carbonyl (C=O) groups is 3. The normalized spacial score (nSPS) is 13.9. The van der Waals surface area contributed by atoms with Crippen LogP contribution in [0.5, 0.6) is 5.75 Å². The Morgan fingerprint density at radius 2 is 1.70 bits per heavy atom. The highest BCUT2D eigenvalue weighted by atomic mass is 16.5. The van der Waals surface area contributed by atoms with E-state index in [4.69, 9.17) is 9.84 Å². The number of hydrogen-bond donors (Lipinski definition) is 2. The van der Waals surface area contributed by atoms with Crippen molar-refractivity contribution in [2.24, 2.45) is 5.10 Å². The number of methoxy groups -OCH3 is 1. The second-order valence-electron chi connectivity index (χ2n) is 6.58. The molecule has 0 atom stereocenters. The van der Waals surface area contributed by atoms with Gasteiger partial charge in [-0.05, 0) is 29.8 Å². The first kappa shape index (κ1) is 20.8. The molecule has 2 amide bonds. The number of ether oxygens (including phenoxy) is 1. The van der Waals surface area contributed by atoms with E-state index in [2.05, 4.69) is 15.4 Å².